The molecule has 4 heterocycles. The highest BCUT2D eigenvalue weighted by molar-refractivity contribution is 5.92. The van der Waals surface area contributed by atoms with Gasteiger partial charge in [-0.25, -0.2) is 4.79 Å². The fraction of sp³-hybridized carbons (Fsp3) is 0.292. The van der Waals surface area contributed by atoms with Gasteiger partial charge in [-0.1, -0.05) is 19.1 Å². The SMILES string of the molecule is CCC1=Cc2ncc(CN3C=CC(=C4C=CC(C(=O)NC)N=C4)CC3)cc2NC1=C=O. The number of likely N-dealkylation sites (N-methyl/N-ethyl adjacent to an activating group) is 1. The zero-order chi connectivity index (χ0) is 21.8. The van der Waals surface area contributed by atoms with Gasteiger partial charge >= 0.3 is 0 Å². The molecule has 2 N–H and O–H groups in total. The summed E-state index contributed by atoms with van der Waals surface area (Å²) in [6.45, 7) is 3.61. The molecule has 0 spiro atoms. The molecule has 3 aliphatic heterocycles. The van der Waals surface area contributed by atoms with E-state index in [1.165, 1.54) is 5.57 Å². The molecule has 1 aromatic rings. The third-order valence-electron chi connectivity index (χ3n) is 5.61. The summed E-state index contributed by atoms with van der Waals surface area (Å²) in [6, 6.07) is 1.60. The molecule has 1 atom stereocenters. The lowest BCUT2D eigenvalue weighted by Gasteiger charge is -2.26. The molecule has 0 saturated heterocycles. The Labute approximate surface area is 181 Å². The number of aromatic nitrogens is 1. The number of amides is 1. The number of dihydropyridines is 1. The van der Waals surface area contributed by atoms with Gasteiger partial charge in [-0.15, -0.1) is 0 Å². The van der Waals surface area contributed by atoms with Crippen LogP contribution in [0.4, 0.5) is 5.69 Å². The van der Waals surface area contributed by atoms with Gasteiger partial charge in [0.1, 0.15) is 11.7 Å². The van der Waals surface area contributed by atoms with E-state index in [4.69, 9.17) is 0 Å². The first-order chi connectivity index (χ1) is 15.1. The molecule has 0 saturated carbocycles. The Morgan fingerprint density at radius 3 is 2.90 bits per heavy atom. The van der Waals surface area contributed by atoms with Crippen molar-refractivity contribution in [2.75, 3.05) is 18.9 Å². The predicted octanol–water partition coefficient (Wildman–Crippen LogP) is 2.79. The quantitative estimate of drug-likeness (QED) is 0.739. The van der Waals surface area contributed by atoms with E-state index in [9.17, 15) is 9.59 Å². The van der Waals surface area contributed by atoms with Gasteiger partial charge in [-0.2, -0.15) is 0 Å². The summed E-state index contributed by atoms with van der Waals surface area (Å²) in [5.41, 5.74) is 6.41. The number of nitrogens with zero attached hydrogens (tertiary/aromatic N) is 3. The largest absolute Gasteiger partial charge is 0.373 e. The lowest BCUT2D eigenvalue weighted by atomic mass is 10.00. The Hall–Kier alpha value is -3.70. The summed E-state index contributed by atoms with van der Waals surface area (Å²) < 4.78 is 0. The van der Waals surface area contributed by atoms with Crippen LogP contribution in [-0.4, -0.2) is 47.6 Å². The Morgan fingerprint density at radius 1 is 1.39 bits per heavy atom. The van der Waals surface area contributed by atoms with Crippen molar-refractivity contribution in [3.8, 4) is 0 Å². The number of rotatable bonds is 4. The van der Waals surface area contributed by atoms with Crippen molar-refractivity contribution in [2.45, 2.75) is 32.4 Å². The van der Waals surface area contributed by atoms with Crippen LogP contribution in [0.5, 0.6) is 0 Å². The van der Waals surface area contributed by atoms with Crippen LogP contribution in [0.3, 0.4) is 0 Å². The zero-order valence-corrected chi connectivity index (χ0v) is 17.7. The number of fused-ring (bicyclic) bond motifs is 1. The molecule has 1 aromatic heterocycles. The first-order valence-corrected chi connectivity index (χ1v) is 10.4. The molecule has 7 nitrogen and oxygen atoms in total. The maximum atomic E-state index is 11.7. The van der Waals surface area contributed by atoms with Crippen molar-refractivity contribution in [3.63, 3.8) is 0 Å². The first kappa shape index (κ1) is 20.6. The average Bonchev–Trinajstić information content (AvgIpc) is 2.83. The van der Waals surface area contributed by atoms with Crippen molar-refractivity contribution < 1.29 is 9.59 Å². The summed E-state index contributed by atoms with van der Waals surface area (Å²) in [7, 11) is 1.61. The minimum absolute atomic E-state index is 0.104. The van der Waals surface area contributed by atoms with Crippen LogP contribution in [0.25, 0.3) is 6.08 Å². The normalized spacial score (nSPS) is 21.9. The van der Waals surface area contributed by atoms with Gasteiger partial charge in [0.15, 0.2) is 5.94 Å². The minimum Gasteiger partial charge on any atom is -0.373 e. The third-order valence-corrected chi connectivity index (χ3v) is 5.61. The molecule has 0 bridgehead atoms. The van der Waals surface area contributed by atoms with Crippen molar-refractivity contribution in [1.82, 2.24) is 15.2 Å². The summed E-state index contributed by atoms with van der Waals surface area (Å²) in [4.78, 5) is 34.0. The van der Waals surface area contributed by atoms with Gasteiger partial charge in [0.25, 0.3) is 0 Å². The zero-order valence-electron chi connectivity index (χ0n) is 17.7. The number of nitrogens with one attached hydrogen (secondary N) is 2. The lowest BCUT2D eigenvalue weighted by molar-refractivity contribution is -0.120. The number of carbonyl (C=O) groups is 1. The van der Waals surface area contributed by atoms with Crippen molar-refractivity contribution in [3.05, 3.63) is 70.4 Å². The van der Waals surface area contributed by atoms with E-state index < -0.39 is 6.04 Å². The minimum atomic E-state index is -0.443. The van der Waals surface area contributed by atoms with Gasteiger partial charge < -0.3 is 15.5 Å². The molecule has 31 heavy (non-hydrogen) atoms. The van der Waals surface area contributed by atoms with E-state index in [0.717, 1.165) is 54.0 Å². The van der Waals surface area contributed by atoms with Crippen molar-refractivity contribution >= 4 is 29.8 Å². The number of anilines is 1. The van der Waals surface area contributed by atoms with E-state index in [2.05, 4.69) is 37.8 Å². The van der Waals surface area contributed by atoms with E-state index in [1.807, 2.05) is 43.4 Å². The highest BCUT2D eigenvalue weighted by Gasteiger charge is 2.18. The molecule has 1 unspecified atom stereocenters. The molecular formula is C24H25N5O2. The van der Waals surface area contributed by atoms with Crippen LogP contribution >= 0.6 is 0 Å². The highest BCUT2D eigenvalue weighted by atomic mass is 16.2. The highest BCUT2D eigenvalue weighted by Crippen LogP contribution is 2.29. The monoisotopic (exact) mass is 415 g/mol. The number of hydrogen-bond donors (Lipinski definition) is 2. The molecule has 3 aliphatic rings. The number of hydrogen-bond acceptors (Lipinski definition) is 6. The maximum Gasteiger partial charge on any atom is 0.248 e. The Balaban J connectivity index is 1.44. The number of pyridine rings is 1. The van der Waals surface area contributed by atoms with Crippen LogP contribution in [0.2, 0.25) is 0 Å². The van der Waals surface area contributed by atoms with E-state index >= 15 is 0 Å². The second-order valence-corrected chi connectivity index (χ2v) is 7.61. The lowest BCUT2D eigenvalue weighted by Crippen LogP contribution is -2.30. The Kier molecular flexibility index (Phi) is 5.96. The molecule has 0 aromatic carbocycles. The van der Waals surface area contributed by atoms with Crippen LogP contribution < -0.4 is 10.6 Å². The van der Waals surface area contributed by atoms with Gasteiger partial charge in [0, 0.05) is 32.5 Å². The summed E-state index contributed by atoms with van der Waals surface area (Å²) in [6.07, 6.45) is 15.2. The Morgan fingerprint density at radius 2 is 2.26 bits per heavy atom. The number of allylic oxidation sites excluding steroid dienone is 4. The van der Waals surface area contributed by atoms with Crippen molar-refractivity contribution in [2.24, 2.45) is 4.99 Å². The molecule has 0 fully saturated rings. The van der Waals surface area contributed by atoms with Crippen molar-refractivity contribution in [1.29, 1.82) is 0 Å². The predicted molar refractivity (Wildman–Crippen MR) is 122 cm³/mol. The summed E-state index contributed by atoms with van der Waals surface area (Å²) in [5.74, 6) is 1.88. The first-order valence-electron chi connectivity index (χ1n) is 10.4. The van der Waals surface area contributed by atoms with E-state index in [1.54, 1.807) is 13.3 Å². The molecule has 0 radical (unpaired) electrons. The molecule has 0 aliphatic carbocycles. The second kappa shape index (κ2) is 8.98. The summed E-state index contributed by atoms with van der Waals surface area (Å²) >= 11 is 0. The smallest absolute Gasteiger partial charge is 0.248 e. The second-order valence-electron chi connectivity index (χ2n) is 7.61. The maximum absolute atomic E-state index is 11.7. The summed E-state index contributed by atoms with van der Waals surface area (Å²) in [5, 5.41) is 5.77. The number of carbonyl (C=O) groups excluding carboxylic acids is 2. The van der Waals surface area contributed by atoms with Gasteiger partial charge in [0.2, 0.25) is 5.91 Å². The van der Waals surface area contributed by atoms with Crippen LogP contribution in [0.1, 0.15) is 31.0 Å². The van der Waals surface area contributed by atoms with Gasteiger partial charge in [-0.3, -0.25) is 14.8 Å². The average molecular weight is 415 g/mol. The molecule has 1 amide bonds. The third kappa shape index (κ3) is 4.42. The fourth-order valence-corrected chi connectivity index (χ4v) is 3.81. The van der Waals surface area contributed by atoms with Gasteiger partial charge in [-0.05, 0) is 59.5 Å². The van der Waals surface area contributed by atoms with E-state index in [-0.39, 0.29) is 5.91 Å². The molecule has 4 rings (SSSR count). The topological polar surface area (TPSA) is 86.7 Å². The Bertz CT molecular complexity index is 1090. The van der Waals surface area contributed by atoms with Gasteiger partial charge in [0.05, 0.1) is 11.4 Å². The molecule has 158 valence electrons. The standard InChI is InChI=1S/C24H25N5O2/c1-3-17-11-21-22(28-23(17)15-30)10-16(12-26-21)14-29-8-6-18(7-9-29)19-4-5-20(27-13-19)24(31)25-2/h4-6,8,10-13,20,28H,3,7,9,14H2,1-2H3,(H,25,31). The van der Waals surface area contributed by atoms with Crippen LogP contribution in [0.15, 0.2) is 64.1 Å². The molecular weight excluding hydrogens is 390 g/mol. The van der Waals surface area contributed by atoms with Crippen LogP contribution in [-0.2, 0) is 16.1 Å². The van der Waals surface area contributed by atoms with E-state index in [0.29, 0.717) is 5.70 Å². The molecule has 7 heteroatoms. The van der Waals surface area contributed by atoms with Crippen LogP contribution in [0, 0.1) is 0 Å². The number of aliphatic imine (C=N–C) groups is 1. The fourth-order valence-electron chi connectivity index (χ4n) is 3.81.